The Hall–Kier alpha value is -2.50. The molecule has 2 aromatic heterocycles. The number of rotatable bonds is 4. The van der Waals surface area contributed by atoms with Crippen LogP contribution in [0, 0.1) is 11.2 Å². The second-order valence-corrected chi connectivity index (χ2v) is 6.95. The fraction of sp³-hybridized carbons (Fsp3) is 0.389. The van der Waals surface area contributed by atoms with E-state index in [0.29, 0.717) is 5.78 Å². The number of aromatic nitrogens is 4. The zero-order valence-electron chi connectivity index (χ0n) is 14.4. The second-order valence-electron chi connectivity index (χ2n) is 6.95. The second kappa shape index (κ2) is 6.19. The van der Waals surface area contributed by atoms with E-state index >= 15 is 0 Å². The Bertz CT molecular complexity index is 833. The fourth-order valence-electron chi connectivity index (χ4n) is 2.75. The molecule has 0 amide bonds. The van der Waals surface area contributed by atoms with Crippen molar-refractivity contribution < 1.29 is 4.39 Å². The summed E-state index contributed by atoms with van der Waals surface area (Å²) in [5, 5.41) is 7.81. The maximum atomic E-state index is 13.3. The first-order chi connectivity index (χ1) is 11.4. The van der Waals surface area contributed by atoms with Gasteiger partial charge in [0.2, 0.25) is 0 Å². The Balaban J connectivity index is 2.05. The van der Waals surface area contributed by atoms with Gasteiger partial charge in [-0.2, -0.15) is 14.6 Å². The van der Waals surface area contributed by atoms with E-state index in [2.05, 4.69) is 48.1 Å². The van der Waals surface area contributed by atoms with Gasteiger partial charge in [-0.3, -0.25) is 0 Å². The van der Waals surface area contributed by atoms with Crippen LogP contribution >= 0.6 is 0 Å². The number of anilines is 1. The van der Waals surface area contributed by atoms with Gasteiger partial charge in [0.25, 0.3) is 5.78 Å². The largest absolute Gasteiger partial charge is 0.363 e. The smallest absolute Gasteiger partial charge is 0.254 e. The van der Waals surface area contributed by atoms with Crippen LogP contribution in [-0.2, 0) is 6.42 Å². The number of halogens is 1. The molecular weight excluding hydrogens is 305 g/mol. The lowest BCUT2D eigenvalue weighted by molar-refractivity contribution is 0.346. The Morgan fingerprint density at radius 1 is 1.21 bits per heavy atom. The monoisotopic (exact) mass is 327 g/mol. The standard InChI is InChI=1S/C18H22FN5/c1-5-14-10-15(24-17(22-14)20-11-21-24)23-16(18(2,3)4)12-6-8-13(19)9-7-12/h6-11,16,23H,5H2,1-4H3. The quantitative estimate of drug-likeness (QED) is 0.786. The molecule has 126 valence electrons. The van der Waals surface area contributed by atoms with Crippen molar-refractivity contribution in [3.8, 4) is 0 Å². The third-order valence-electron chi connectivity index (χ3n) is 4.03. The Kier molecular flexibility index (Phi) is 4.22. The van der Waals surface area contributed by atoms with Crippen molar-refractivity contribution in [3.63, 3.8) is 0 Å². The summed E-state index contributed by atoms with van der Waals surface area (Å²) in [5.74, 6) is 1.17. The van der Waals surface area contributed by atoms with Crippen molar-refractivity contribution in [3.05, 3.63) is 53.7 Å². The van der Waals surface area contributed by atoms with Gasteiger partial charge in [-0.05, 0) is 29.5 Å². The molecule has 0 aliphatic rings. The number of aryl methyl sites for hydroxylation is 1. The van der Waals surface area contributed by atoms with Gasteiger partial charge < -0.3 is 5.32 Å². The first-order valence-corrected chi connectivity index (χ1v) is 8.10. The van der Waals surface area contributed by atoms with Crippen LogP contribution < -0.4 is 5.32 Å². The van der Waals surface area contributed by atoms with Gasteiger partial charge in [-0.15, -0.1) is 0 Å². The van der Waals surface area contributed by atoms with Crippen molar-refractivity contribution in [1.82, 2.24) is 19.6 Å². The molecule has 0 saturated carbocycles. The summed E-state index contributed by atoms with van der Waals surface area (Å²) < 4.78 is 15.0. The first-order valence-electron chi connectivity index (χ1n) is 8.10. The van der Waals surface area contributed by atoms with Crippen LogP contribution in [0.25, 0.3) is 5.78 Å². The topological polar surface area (TPSA) is 55.1 Å². The molecule has 0 saturated heterocycles. The Labute approximate surface area is 141 Å². The van der Waals surface area contributed by atoms with Crippen LogP contribution in [0.2, 0.25) is 0 Å². The highest BCUT2D eigenvalue weighted by molar-refractivity contribution is 5.47. The molecule has 0 fully saturated rings. The molecule has 0 aliphatic heterocycles. The fourth-order valence-corrected chi connectivity index (χ4v) is 2.75. The average Bonchev–Trinajstić information content (AvgIpc) is 3.00. The van der Waals surface area contributed by atoms with Crippen molar-refractivity contribution in [2.24, 2.45) is 5.41 Å². The number of benzene rings is 1. The minimum absolute atomic E-state index is 0.0161. The van der Waals surface area contributed by atoms with Gasteiger partial charge in [0.15, 0.2) is 0 Å². The van der Waals surface area contributed by atoms with Gasteiger partial charge in [0, 0.05) is 11.8 Å². The third-order valence-corrected chi connectivity index (χ3v) is 4.03. The highest BCUT2D eigenvalue weighted by Gasteiger charge is 2.27. The Morgan fingerprint density at radius 3 is 2.54 bits per heavy atom. The molecule has 2 heterocycles. The SMILES string of the molecule is CCc1cc(NC(c2ccc(F)cc2)C(C)(C)C)n2ncnc2n1. The van der Waals surface area contributed by atoms with Gasteiger partial charge in [0.05, 0.1) is 6.04 Å². The van der Waals surface area contributed by atoms with Crippen LogP contribution in [0.3, 0.4) is 0 Å². The molecule has 5 nitrogen and oxygen atoms in total. The van der Waals surface area contributed by atoms with Gasteiger partial charge in [-0.1, -0.05) is 39.8 Å². The molecule has 0 bridgehead atoms. The maximum absolute atomic E-state index is 13.3. The maximum Gasteiger partial charge on any atom is 0.254 e. The lowest BCUT2D eigenvalue weighted by Crippen LogP contribution is -2.27. The van der Waals surface area contributed by atoms with E-state index in [1.165, 1.54) is 18.5 Å². The van der Waals surface area contributed by atoms with E-state index in [1.807, 2.05) is 18.2 Å². The van der Waals surface area contributed by atoms with Gasteiger partial charge in [0.1, 0.15) is 18.0 Å². The van der Waals surface area contributed by atoms with Crippen LogP contribution in [0.1, 0.15) is 45.0 Å². The minimum Gasteiger partial charge on any atom is -0.363 e. The number of nitrogens with one attached hydrogen (secondary N) is 1. The van der Waals surface area contributed by atoms with E-state index in [4.69, 9.17) is 0 Å². The summed E-state index contributed by atoms with van der Waals surface area (Å²) in [6, 6.07) is 8.59. The zero-order chi connectivity index (χ0) is 17.3. The predicted molar refractivity (Wildman–Crippen MR) is 92.4 cm³/mol. The van der Waals surface area contributed by atoms with E-state index in [9.17, 15) is 4.39 Å². The molecule has 1 atom stereocenters. The van der Waals surface area contributed by atoms with Crippen LogP contribution in [-0.4, -0.2) is 19.6 Å². The number of hydrogen-bond donors (Lipinski definition) is 1. The summed E-state index contributed by atoms with van der Waals surface area (Å²) in [6.45, 7) is 8.50. The van der Waals surface area contributed by atoms with E-state index < -0.39 is 0 Å². The molecule has 1 unspecified atom stereocenters. The third kappa shape index (κ3) is 3.22. The Morgan fingerprint density at radius 2 is 1.92 bits per heavy atom. The molecule has 6 heteroatoms. The zero-order valence-corrected chi connectivity index (χ0v) is 14.4. The molecule has 0 spiro atoms. The molecule has 0 radical (unpaired) electrons. The van der Waals surface area contributed by atoms with E-state index in [0.717, 1.165) is 23.5 Å². The van der Waals surface area contributed by atoms with Gasteiger partial charge >= 0.3 is 0 Å². The average molecular weight is 327 g/mol. The predicted octanol–water partition coefficient (Wildman–Crippen LogP) is 4.03. The van der Waals surface area contributed by atoms with Crippen molar-refractivity contribution in [1.29, 1.82) is 0 Å². The van der Waals surface area contributed by atoms with E-state index in [-0.39, 0.29) is 17.3 Å². The normalized spacial score (nSPS) is 13.2. The number of fused-ring (bicyclic) bond motifs is 1. The summed E-state index contributed by atoms with van der Waals surface area (Å²) in [7, 11) is 0. The van der Waals surface area contributed by atoms with Crippen LogP contribution in [0.5, 0.6) is 0 Å². The van der Waals surface area contributed by atoms with Crippen molar-refractivity contribution >= 4 is 11.6 Å². The summed E-state index contributed by atoms with van der Waals surface area (Å²) in [6.07, 6.45) is 2.31. The van der Waals surface area contributed by atoms with Crippen molar-refractivity contribution in [2.45, 2.75) is 40.2 Å². The van der Waals surface area contributed by atoms with Crippen LogP contribution in [0.15, 0.2) is 36.7 Å². The summed E-state index contributed by atoms with van der Waals surface area (Å²) in [4.78, 5) is 8.66. The highest BCUT2D eigenvalue weighted by atomic mass is 19.1. The lowest BCUT2D eigenvalue weighted by atomic mass is 9.82. The molecule has 3 rings (SSSR count). The van der Waals surface area contributed by atoms with Gasteiger partial charge in [-0.25, -0.2) is 9.37 Å². The molecule has 24 heavy (non-hydrogen) atoms. The van der Waals surface area contributed by atoms with Crippen LogP contribution in [0.4, 0.5) is 10.2 Å². The van der Waals surface area contributed by atoms with E-state index in [1.54, 1.807) is 4.52 Å². The summed E-state index contributed by atoms with van der Waals surface area (Å²) in [5.41, 5.74) is 1.89. The molecule has 0 aliphatic carbocycles. The number of hydrogen-bond acceptors (Lipinski definition) is 4. The first kappa shape index (κ1) is 16.4. The molecule has 1 aromatic carbocycles. The lowest BCUT2D eigenvalue weighted by Gasteiger charge is -2.33. The molecule has 1 N–H and O–H groups in total. The van der Waals surface area contributed by atoms with Crippen molar-refractivity contribution in [2.75, 3.05) is 5.32 Å². The minimum atomic E-state index is -0.234. The summed E-state index contributed by atoms with van der Waals surface area (Å²) >= 11 is 0. The molecule has 3 aromatic rings. The number of nitrogens with zero attached hydrogens (tertiary/aromatic N) is 4. The molecular formula is C18H22FN5. The highest BCUT2D eigenvalue weighted by Crippen LogP contribution is 2.36.